The summed E-state index contributed by atoms with van der Waals surface area (Å²) in [6.07, 6.45) is 2.96. The number of nitrogens with one attached hydrogen (secondary N) is 2. The van der Waals surface area contributed by atoms with E-state index >= 15 is 0 Å². The molecule has 10 heteroatoms. The molecule has 0 aromatic carbocycles. The minimum Gasteiger partial charge on any atom is -0.464 e. The second-order valence-corrected chi connectivity index (χ2v) is 9.71. The average molecular weight is 473 g/mol. The Hall–Kier alpha value is -2.20. The largest absolute Gasteiger partial charge is 0.464 e. The number of carbonyl (C=O) groups is 4. The Kier molecular flexibility index (Phi) is 12.4. The molecular weight excluding hydrogens is 432 g/mol. The Bertz CT molecular complexity index is 609. The van der Waals surface area contributed by atoms with Gasteiger partial charge in [-0.3, -0.25) is 9.59 Å². The van der Waals surface area contributed by atoms with Crippen LogP contribution in [0.2, 0.25) is 0 Å². The summed E-state index contributed by atoms with van der Waals surface area (Å²) in [6.45, 7) is 6.68. The molecule has 1 rings (SSSR count). The van der Waals surface area contributed by atoms with Gasteiger partial charge in [-0.2, -0.15) is 0 Å². The van der Waals surface area contributed by atoms with Gasteiger partial charge < -0.3 is 30.3 Å². The first-order valence-corrected chi connectivity index (χ1v) is 11.7. The van der Waals surface area contributed by atoms with Crippen LogP contribution in [0, 0.1) is 17.3 Å². The lowest BCUT2D eigenvalue weighted by Crippen LogP contribution is -2.48. The van der Waals surface area contributed by atoms with Gasteiger partial charge in [-0.25, -0.2) is 9.59 Å². The Morgan fingerprint density at radius 3 is 1.42 bits per heavy atom. The number of hydrogen-bond donors (Lipinski definition) is 4. The summed E-state index contributed by atoms with van der Waals surface area (Å²) in [7, 11) is 0. The van der Waals surface area contributed by atoms with Crippen LogP contribution in [-0.2, 0) is 28.7 Å². The number of aliphatic hydroxyl groups is 2. The highest BCUT2D eigenvalue weighted by molar-refractivity contribution is 5.87. The monoisotopic (exact) mass is 472 g/mol. The van der Waals surface area contributed by atoms with E-state index in [1.165, 1.54) is 0 Å². The molecule has 2 amide bonds. The van der Waals surface area contributed by atoms with Crippen LogP contribution < -0.4 is 10.6 Å². The van der Waals surface area contributed by atoms with Gasteiger partial charge in [-0.15, -0.1) is 0 Å². The van der Waals surface area contributed by atoms with Gasteiger partial charge in [0.25, 0.3) is 0 Å². The maximum Gasteiger partial charge on any atom is 0.331 e. The topological polar surface area (TPSA) is 151 Å². The molecule has 1 aliphatic carbocycles. The molecule has 0 saturated heterocycles. The second kappa shape index (κ2) is 14.1. The second-order valence-electron chi connectivity index (χ2n) is 9.71. The van der Waals surface area contributed by atoms with E-state index in [4.69, 9.17) is 9.47 Å². The highest BCUT2D eigenvalue weighted by atomic mass is 16.5. The van der Waals surface area contributed by atoms with Crippen molar-refractivity contribution in [3.8, 4) is 0 Å². The quantitative estimate of drug-likeness (QED) is 0.269. The third kappa shape index (κ3) is 10.5. The summed E-state index contributed by atoms with van der Waals surface area (Å²) >= 11 is 0. The number of hydrogen-bond acceptors (Lipinski definition) is 8. The van der Waals surface area contributed by atoms with E-state index in [1.807, 2.05) is 27.7 Å². The Morgan fingerprint density at radius 2 is 1.12 bits per heavy atom. The van der Waals surface area contributed by atoms with Gasteiger partial charge >= 0.3 is 11.9 Å². The lowest BCUT2D eigenvalue weighted by molar-refractivity contribution is -0.150. The lowest BCUT2D eigenvalue weighted by Gasteiger charge is -2.29. The molecule has 0 unspecified atom stereocenters. The molecule has 0 radical (unpaired) electrons. The number of rotatable bonds is 14. The van der Waals surface area contributed by atoms with Crippen molar-refractivity contribution in [1.82, 2.24) is 10.6 Å². The van der Waals surface area contributed by atoms with E-state index in [-0.39, 0.29) is 37.9 Å². The van der Waals surface area contributed by atoms with Crippen LogP contribution in [0.1, 0.15) is 66.2 Å². The van der Waals surface area contributed by atoms with Crippen molar-refractivity contribution in [1.29, 1.82) is 0 Å². The van der Waals surface area contributed by atoms with Crippen molar-refractivity contribution in [2.45, 2.75) is 78.3 Å². The van der Waals surface area contributed by atoms with Gasteiger partial charge in [0.05, 0.1) is 26.4 Å². The number of esters is 2. The van der Waals surface area contributed by atoms with E-state index in [9.17, 15) is 29.4 Å². The molecule has 1 saturated carbocycles. The first-order valence-electron chi connectivity index (χ1n) is 11.7. The fraction of sp³-hybridized carbons (Fsp3) is 0.826. The van der Waals surface area contributed by atoms with Crippen molar-refractivity contribution < 1.29 is 38.9 Å². The van der Waals surface area contributed by atoms with Crippen LogP contribution in [-0.4, -0.2) is 72.5 Å². The molecule has 1 aliphatic rings. The number of aliphatic hydroxyl groups excluding tert-OH is 2. The minimum absolute atomic E-state index is 0.00400. The third-order valence-corrected chi connectivity index (χ3v) is 5.46. The van der Waals surface area contributed by atoms with Crippen LogP contribution in [0.5, 0.6) is 0 Å². The van der Waals surface area contributed by atoms with Crippen molar-refractivity contribution in [3.63, 3.8) is 0 Å². The third-order valence-electron chi connectivity index (χ3n) is 5.46. The van der Waals surface area contributed by atoms with Crippen LogP contribution in [0.4, 0.5) is 0 Å². The van der Waals surface area contributed by atoms with Crippen molar-refractivity contribution >= 4 is 23.8 Å². The zero-order chi connectivity index (χ0) is 25.0. The van der Waals surface area contributed by atoms with Crippen LogP contribution in [0.3, 0.4) is 0 Å². The van der Waals surface area contributed by atoms with Crippen LogP contribution in [0.25, 0.3) is 0 Å². The molecule has 0 aromatic rings. The molecule has 2 atom stereocenters. The molecule has 4 N–H and O–H groups in total. The maximum absolute atomic E-state index is 12.7. The van der Waals surface area contributed by atoms with Gasteiger partial charge in [-0.1, -0.05) is 40.5 Å². The maximum atomic E-state index is 12.7. The van der Waals surface area contributed by atoms with Crippen LogP contribution in [0.15, 0.2) is 0 Å². The van der Waals surface area contributed by atoms with Gasteiger partial charge in [0.15, 0.2) is 12.1 Å². The Balaban J connectivity index is 2.70. The molecule has 190 valence electrons. The molecule has 0 spiro atoms. The molecule has 0 bridgehead atoms. The van der Waals surface area contributed by atoms with Gasteiger partial charge in [0, 0.05) is 12.8 Å². The van der Waals surface area contributed by atoms with Crippen molar-refractivity contribution in [3.05, 3.63) is 0 Å². The molecule has 10 nitrogen and oxygen atoms in total. The molecule has 1 fully saturated rings. The number of ether oxygens (including phenoxy) is 2. The summed E-state index contributed by atoms with van der Waals surface area (Å²) in [4.78, 5) is 49.5. The SMILES string of the molecule is CC(C)COC(=O)[C@@H](CO)NC(=O)CC1(CC(=O)N[C@H](CO)C(=O)OCC(C)C)CCCC1. The Morgan fingerprint density at radius 1 is 0.758 bits per heavy atom. The first-order chi connectivity index (χ1) is 15.5. The summed E-state index contributed by atoms with van der Waals surface area (Å²) in [6, 6.07) is -2.34. The predicted molar refractivity (Wildman–Crippen MR) is 120 cm³/mol. The first kappa shape index (κ1) is 28.8. The molecule has 33 heavy (non-hydrogen) atoms. The van der Waals surface area contributed by atoms with E-state index in [2.05, 4.69) is 10.6 Å². The summed E-state index contributed by atoms with van der Waals surface area (Å²) in [5, 5.41) is 24.0. The zero-order valence-electron chi connectivity index (χ0n) is 20.2. The van der Waals surface area contributed by atoms with E-state index in [0.717, 1.165) is 12.8 Å². The minimum atomic E-state index is -1.17. The summed E-state index contributed by atoms with van der Waals surface area (Å²) < 4.78 is 10.2. The smallest absolute Gasteiger partial charge is 0.331 e. The highest BCUT2D eigenvalue weighted by Gasteiger charge is 2.39. The zero-order valence-corrected chi connectivity index (χ0v) is 20.2. The van der Waals surface area contributed by atoms with E-state index in [0.29, 0.717) is 12.8 Å². The average Bonchev–Trinajstić information content (AvgIpc) is 3.19. The number of amides is 2. The van der Waals surface area contributed by atoms with Crippen molar-refractivity contribution in [2.24, 2.45) is 17.3 Å². The standard InChI is InChI=1S/C23H40N2O8/c1-15(2)13-32-21(30)17(11-26)24-19(28)9-23(7-5-6-8-23)10-20(29)25-18(12-27)22(31)33-14-16(3)4/h15-18,26-27H,5-14H2,1-4H3,(H,24,28)(H,25,29)/t17-,18-/m1/s1. The van der Waals surface area contributed by atoms with Crippen molar-refractivity contribution in [2.75, 3.05) is 26.4 Å². The highest BCUT2D eigenvalue weighted by Crippen LogP contribution is 2.44. The molecule has 0 aliphatic heterocycles. The summed E-state index contributed by atoms with van der Waals surface area (Å²) in [5.41, 5.74) is -0.627. The van der Waals surface area contributed by atoms with Gasteiger partial charge in [-0.05, 0) is 30.1 Å². The summed E-state index contributed by atoms with van der Waals surface area (Å²) in [5.74, 6) is -2.09. The molecule has 0 aromatic heterocycles. The fourth-order valence-corrected chi connectivity index (χ4v) is 3.77. The van der Waals surface area contributed by atoms with Crippen LogP contribution >= 0.6 is 0 Å². The lowest BCUT2D eigenvalue weighted by atomic mass is 9.78. The fourth-order valence-electron chi connectivity index (χ4n) is 3.77. The van der Waals surface area contributed by atoms with Gasteiger partial charge in [0.1, 0.15) is 0 Å². The predicted octanol–water partition coefficient (Wildman–Crippen LogP) is 0.680. The van der Waals surface area contributed by atoms with E-state index in [1.54, 1.807) is 0 Å². The molecule has 0 heterocycles. The molecular formula is C23H40N2O8. The number of carbonyl (C=O) groups excluding carboxylic acids is 4. The van der Waals surface area contributed by atoms with Gasteiger partial charge in [0.2, 0.25) is 11.8 Å². The normalized spacial score (nSPS) is 16.8. The Labute approximate surface area is 195 Å². The van der Waals surface area contributed by atoms with E-state index < -0.39 is 54.5 Å².